The molecule has 0 bridgehead atoms. The Morgan fingerprint density at radius 3 is 2.21 bits per heavy atom. The minimum Gasteiger partial charge on any atom is -0.352 e. The quantitative estimate of drug-likeness (QED) is 0.583. The Morgan fingerprint density at radius 1 is 0.966 bits per heavy atom. The van der Waals surface area contributed by atoms with E-state index in [9.17, 15) is 14.4 Å². The number of likely N-dealkylation sites (N-methyl/N-ethyl adjacent to an activating group) is 1. The van der Waals surface area contributed by atoms with Crippen molar-refractivity contribution in [3.8, 4) is 0 Å². The maximum Gasteiger partial charge on any atom is 0.251 e. The van der Waals surface area contributed by atoms with Gasteiger partial charge in [0.1, 0.15) is 0 Å². The fourth-order valence-corrected chi connectivity index (χ4v) is 3.05. The summed E-state index contributed by atoms with van der Waals surface area (Å²) in [6, 6.07) is 11.4. The smallest absolute Gasteiger partial charge is 0.251 e. The number of amides is 3. The molecule has 0 fully saturated rings. The van der Waals surface area contributed by atoms with Crippen LogP contribution in [0.2, 0.25) is 15.1 Å². The van der Waals surface area contributed by atoms with E-state index >= 15 is 0 Å². The molecule has 9 heteroatoms. The summed E-state index contributed by atoms with van der Waals surface area (Å²) >= 11 is 17.8. The average Bonchev–Trinajstić information content (AvgIpc) is 2.68. The van der Waals surface area contributed by atoms with Crippen molar-refractivity contribution in [1.82, 2.24) is 10.2 Å². The van der Waals surface area contributed by atoms with Crippen LogP contribution in [0, 0.1) is 0 Å². The molecule has 2 N–H and O–H groups in total. The summed E-state index contributed by atoms with van der Waals surface area (Å²) < 4.78 is 0. The number of benzene rings is 2. The lowest BCUT2D eigenvalue weighted by Crippen LogP contribution is -2.35. The minimum absolute atomic E-state index is 0.141. The molecule has 0 saturated carbocycles. The van der Waals surface area contributed by atoms with Gasteiger partial charge >= 0.3 is 0 Å². The number of carbonyl (C=O) groups excluding carboxylic acids is 3. The van der Waals surface area contributed by atoms with E-state index in [2.05, 4.69) is 10.6 Å². The largest absolute Gasteiger partial charge is 0.352 e. The molecule has 0 radical (unpaired) electrons. The van der Waals surface area contributed by atoms with E-state index in [0.29, 0.717) is 39.3 Å². The van der Waals surface area contributed by atoms with Gasteiger partial charge in [-0.2, -0.15) is 0 Å². The summed E-state index contributed by atoms with van der Waals surface area (Å²) in [4.78, 5) is 37.6. The van der Waals surface area contributed by atoms with E-state index in [-0.39, 0.29) is 24.8 Å². The van der Waals surface area contributed by atoms with Gasteiger partial charge in [-0.15, -0.1) is 0 Å². The highest BCUT2D eigenvalue weighted by Crippen LogP contribution is 2.29. The first kappa shape index (κ1) is 23.0. The van der Waals surface area contributed by atoms with E-state index in [0.717, 1.165) is 0 Å². The van der Waals surface area contributed by atoms with Crippen LogP contribution < -0.4 is 10.6 Å². The SMILES string of the molecule is CN(CC(=O)Nc1c(Cl)cccc1Cl)C(=O)CCCNC(=O)c1ccc(Cl)cc1. The third-order valence-corrected chi connectivity index (χ3v) is 4.88. The van der Waals surface area contributed by atoms with Crippen molar-refractivity contribution in [2.75, 3.05) is 25.5 Å². The third kappa shape index (κ3) is 7.24. The number of rotatable bonds is 8. The van der Waals surface area contributed by atoms with E-state index in [1.54, 1.807) is 42.5 Å². The predicted molar refractivity (Wildman–Crippen MR) is 116 cm³/mol. The second kappa shape index (κ2) is 11.0. The van der Waals surface area contributed by atoms with Crippen LogP contribution in [0.5, 0.6) is 0 Å². The lowest BCUT2D eigenvalue weighted by Gasteiger charge is -2.17. The van der Waals surface area contributed by atoms with Crippen LogP contribution in [0.3, 0.4) is 0 Å². The molecule has 0 aliphatic heterocycles. The summed E-state index contributed by atoms with van der Waals surface area (Å²) in [7, 11) is 1.53. The summed E-state index contributed by atoms with van der Waals surface area (Å²) in [6.07, 6.45) is 0.637. The van der Waals surface area contributed by atoms with Crippen LogP contribution in [-0.4, -0.2) is 42.8 Å². The molecule has 3 amide bonds. The van der Waals surface area contributed by atoms with Gasteiger partial charge < -0.3 is 15.5 Å². The molecule has 2 aromatic carbocycles. The minimum atomic E-state index is -0.410. The molecule has 0 spiro atoms. The van der Waals surface area contributed by atoms with Crippen LogP contribution in [0.4, 0.5) is 5.69 Å². The highest BCUT2D eigenvalue weighted by Gasteiger charge is 2.15. The molecule has 0 heterocycles. The molecule has 0 unspecified atom stereocenters. The molecule has 6 nitrogen and oxygen atoms in total. The number of nitrogens with one attached hydrogen (secondary N) is 2. The maximum atomic E-state index is 12.2. The average molecular weight is 457 g/mol. The van der Waals surface area contributed by atoms with Gasteiger partial charge in [0.2, 0.25) is 11.8 Å². The van der Waals surface area contributed by atoms with Crippen molar-refractivity contribution in [3.63, 3.8) is 0 Å². The van der Waals surface area contributed by atoms with Crippen LogP contribution in [-0.2, 0) is 9.59 Å². The normalized spacial score (nSPS) is 10.3. The van der Waals surface area contributed by atoms with Crippen molar-refractivity contribution in [2.24, 2.45) is 0 Å². The van der Waals surface area contributed by atoms with Crippen molar-refractivity contribution in [2.45, 2.75) is 12.8 Å². The molecule has 0 atom stereocenters. The molecule has 29 heavy (non-hydrogen) atoms. The zero-order chi connectivity index (χ0) is 21.4. The van der Waals surface area contributed by atoms with Crippen LogP contribution in [0.25, 0.3) is 0 Å². The van der Waals surface area contributed by atoms with Gasteiger partial charge in [-0.3, -0.25) is 14.4 Å². The topological polar surface area (TPSA) is 78.5 Å². The Balaban J connectivity index is 1.72. The highest BCUT2D eigenvalue weighted by molar-refractivity contribution is 6.39. The Bertz CT molecular complexity index is 868. The van der Waals surface area contributed by atoms with Gasteiger partial charge in [0.25, 0.3) is 5.91 Å². The fraction of sp³-hybridized carbons (Fsp3) is 0.250. The molecular weight excluding hydrogens is 437 g/mol. The molecule has 0 saturated heterocycles. The summed E-state index contributed by atoms with van der Waals surface area (Å²) in [5.41, 5.74) is 0.805. The van der Waals surface area contributed by atoms with Crippen LogP contribution in [0.1, 0.15) is 23.2 Å². The third-order valence-electron chi connectivity index (χ3n) is 3.99. The molecule has 2 rings (SSSR count). The number of para-hydroxylation sites is 1. The van der Waals surface area contributed by atoms with E-state index in [4.69, 9.17) is 34.8 Å². The predicted octanol–water partition coefficient (Wildman–Crippen LogP) is 4.25. The van der Waals surface area contributed by atoms with E-state index in [1.807, 2.05) is 0 Å². The summed E-state index contributed by atoms with van der Waals surface area (Å²) in [5.74, 6) is -0.864. The number of anilines is 1. The Labute approximate surface area is 184 Å². The number of carbonyl (C=O) groups is 3. The van der Waals surface area contributed by atoms with E-state index < -0.39 is 5.91 Å². The Morgan fingerprint density at radius 2 is 1.59 bits per heavy atom. The number of hydrogen-bond donors (Lipinski definition) is 2. The number of nitrogens with zero attached hydrogens (tertiary/aromatic N) is 1. The van der Waals surface area contributed by atoms with Crippen LogP contribution in [0.15, 0.2) is 42.5 Å². The monoisotopic (exact) mass is 455 g/mol. The molecule has 2 aromatic rings. The van der Waals surface area contributed by atoms with E-state index in [1.165, 1.54) is 11.9 Å². The lowest BCUT2D eigenvalue weighted by atomic mass is 10.2. The number of hydrogen-bond acceptors (Lipinski definition) is 3. The van der Waals surface area contributed by atoms with Gasteiger partial charge in [0.15, 0.2) is 0 Å². The van der Waals surface area contributed by atoms with Gasteiger partial charge in [-0.05, 0) is 42.8 Å². The first-order valence-electron chi connectivity index (χ1n) is 8.79. The molecule has 0 aromatic heterocycles. The maximum absolute atomic E-state index is 12.2. The Kier molecular flexibility index (Phi) is 8.76. The van der Waals surface area contributed by atoms with Gasteiger partial charge in [0, 0.05) is 30.6 Å². The second-order valence-electron chi connectivity index (χ2n) is 6.26. The molecule has 0 aliphatic carbocycles. The highest BCUT2D eigenvalue weighted by atomic mass is 35.5. The Hall–Kier alpha value is -2.28. The van der Waals surface area contributed by atoms with Crippen molar-refractivity contribution < 1.29 is 14.4 Å². The zero-order valence-corrected chi connectivity index (χ0v) is 17.9. The summed E-state index contributed by atoms with van der Waals surface area (Å²) in [5, 5.41) is 6.53. The molecule has 154 valence electrons. The molecule has 0 aliphatic rings. The van der Waals surface area contributed by atoms with Crippen molar-refractivity contribution in [3.05, 3.63) is 63.1 Å². The van der Waals surface area contributed by atoms with Gasteiger partial charge in [0.05, 0.1) is 22.3 Å². The van der Waals surface area contributed by atoms with Crippen molar-refractivity contribution in [1.29, 1.82) is 0 Å². The molecular formula is C20H20Cl3N3O3. The van der Waals surface area contributed by atoms with Crippen molar-refractivity contribution >= 4 is 58.2 Å². The lowest BCUT2D eigenvalue weighted by molar-refractivity contribution is -0.133. The zero-order valence-electron chi connectivity index (χ0n) is 15.7. The standard InChI is InChI=1S/C20H20Cl3N3O3/c1-26(12-17(27)25-19-15(22)4-2-5-16(19)23)18(28)6-3-11-24-20(29)13-7-9-14(21)10-8-13/h2,4-5,7-10H,3,6,11-12H2,1H3,(H,24,29)(H,25,27). The second-order valence-corrected chi connectivity index (χ2v) is 7.51. The van der Waals surface area contributed by atoms with Crippen LogP contribution >= 0.6 is 34.8 Å². The number of halogens is 3. The first-order chi connectivity index (χ1) is 13.8. The van der Waals surface area contributed by atoms with Gasteiger partial charge in [-0.25, -0.2) is 0 Å². The summed E-state index contributed by atoms with van der Waals surface area (Å²) in [6.45, 7) is 0.194. The fourth-order valence-electron chi connectivity index (χ4n) is 2.44. The first-order valence-corrected chi connectivity index (χ1v) is 9.93. The van der Waals surface area contributed by atoms with Gasteiger partial charge in [-0.1, -0.05) is 40.9 Å².